The van der Waals surface area contributed by atoms with Crippen molar-refractivity contribution in [2.45, 2.75) is 12.8 Å². The number of hydrogen-bond acceptors (Lipinski definition) is 1. The van der Waals surface area contributed by atoms with Crippen LogP contribution in [0, 0.1) is 0 Å². The van der Waals surface area contributed by atoms with E-state index < -0.39 is 0 Å². The Morgan fingerprint density at radius 2 is 2.00 bits per heavy atom. The van der Waals surface area contributed by atoms with Crippen molar-refractivity contribution >= 4 is 0 Å². The molecule has 1 aliphatic rings. The third-order valence-electron chi connectivity index (χ3n) is 1.82. The van der Waals surface area contributed by atoms with Crippen molar-refractivity contribution in [3.63, 3.8) is 0 Å². The average molecular weight is 152 g/mol. The monoisotopic (exact) mass is 152 g/mol. The Morgan fingerprint density at radius 3 is 2.82 bits per heavy atom. The van der Waals surface area contributed by atoms with Crippen LogP contribution in [-0.4, -0.2) is 12.1 Å². The van der Waals surface area contributed by atoms with E-state index >= 15 is 0 Å². The number of para-hydroxylation sites is 1. The van der Waals surface area contributed by atoms with Crippen molar-refractivity contribution in [2.24, 2.45) is 0 Å². The van der Waals surface area contributed by atoms with Gasteiger partial charge in [0.25, 0.3) is 0 Å². The quantitative estimate of drug-likeness (QED) is 0.550. The Labute approximate surface area is 66.1 Å². The van der Waals surface area contributed by atoms with Gasteiger partial charge in [0.2, 0.25) is 0 Å². The molecule has 0 spiro atoms. The highest BCUT2D eigenvalue weighted by Crippen LogP contribution is 2.22. The predicted molar refractivity (Wildman–Crippen MR) is 43.9 cm³/mol. The molecule has 0 fully saturated rings. The van der Waals surface area contributed by atoms with Crippen LogP contribution in [0.2, 0.25) is 0 Å². The van der Waals surface area contributed by atoms with Crippen molar-refractivity contribution < 1.29 is 10.2 Å². The van der Waals surface area contributed by atoms with Gasteiger partial charge in [-0.2, -0.15) is 0 Å². The molecule has 2 rings (SSSR count). The van der Waals surface area contributed by atoms with Crippen LogP contribution >= 0.6 is 0 Å². The van der Waals surface area contributed by atoms with E-state index in [2.05, 4.69) is 12.1 Å². The molecule has 0 aliphatic carbocycles. The summed E-state index contributed by atoms with van der Waals surface area (Å²) in [6, 6.07) is 8.25. The van der Waals surface area contributed by atoms with Gasteiger partial charge in [0.05, 0.1) is 6.61 Å². The summed E-state index contributed by atoms with van der Waals surface area (Å²) in [6.45, 7) is 0.886. The third kappa shape index (κ3) is 1.52. The lowest BCUT2D eigenvalue weighted by molar-refractivity contribution is 0.288. The SMILES string of the molecule is O.c1ccc2c(c1)CCCO2. The molecule has 0 unspecified atom stereocenters. The van der Waals surface area contributed by atoms with E-state index in [0.29, 0.717) is 0 Å². The highest BCUT2D eigenvalue weighted by atomic mass is 16.5. The second-order valence-corrected chi connectivity index (χ2v) is 2.56. The van der Waals surface area contributed by atoms with Gasteiger partial charge in [0, 0.05) is 0 Å². The van der Waals surface area contributed by atoms with Crippen LogP contribution < -0.4 is 4.74 Å². The number of hydrogen-bond donors (Lipinski definition) is 0. The second-order valence-electron chi connectivity index (χ2n) is 2.56. The Hall–Kier alpha value is -1.02. The molecule has 0 amide bonds. The fourth-order valence-electron chi connectivity index (χ4n) is 1.30. The van der Waals surface area contributed by atoms with E-state index in [1.54, 1.807) is 0 Å². The highest BCUT2D eigenvalue weighted by molar-refractivity contribution is 5.34. The van der Waals surface area contributed by atoms with Gasteiger partial charge in [-0.25, -0.2) is 0 Å². The number of benzene rings is 1. The van der Waals surface area contributed by atoms with E-state index in [9.17, 15) is 0 Å². The number of aryl methyl sites for hydroxylation is 1. The first-order valence-electron chi connectivity index (χ1n) is 3.67. The van der Waals surface area contributed by atoms with Gasteiger partial charge < -0.3 is 10.2 Å². The summed E-state index contributed by atoms with van der Waals surface area (Å²) < 4.78 is 5.42. The van der Waals surface area contributed by atoms with Gasteiger partial charge in [-0.05, 0) is 24.5 Å². The van der Waals surface area contributed by atoms with E-state index in [0.717, 1.165) is 18.8 Å². The second kappa shape index (κ2) is 3.39. The molecule has 1 heterocycles. The van der Waals surface area contributed by atoms with Crippen LogP contribution in [-0.2, 0) is 6.42 Å². The zero-order valence-electron chi connectivity index (χ0n) is 6.34. The molecule has 2 heteroatoms. The first kappa shape index (κ1) is 8.08. The minimum atomic E-state index is 0. The molecule has 0 aromatic heterocycles. The molecule has 0 bridgehead atoms. The van der Waals surface area contributed by atoms with Gasteiger partial charge in [-0.3, -0.25) is 0 Å². The van der Waals surface area contributed by atoms with Crippen LogP contribution in [0.3, 0.4) is 0 Å². The normalized spacial score (nSPS) is 14.2. The van der Waals surface area contributed by atoms with Gasteiger partial charge in [-0.15, -0.1) is 0 Å². The fourth-order valence-corrected chi connectivity index (χ4v) is 1.30. The van der Waals surface area contributed by atoms with Gasteiger partial charge in [0.1, 0.15) is 5.75 Å². The molecule has 0 saturated carbocycles. The molecule has 2 nitrogen and oxygen atoms in total. The third-order valence-corrected chi connectivity index (χ3v) is 1.82. The van der Waals surface area contributed by atoms with Crippen molar-refractivity contribution in [3.8, 4) is 5.75 Å². The molecule has 1 aromatic carbocycles. The summed E-state index contributed by atoms with van der Waals surface area (Å²) >= 11 is 0. The molecule has 11 heavy (non-hydrogen) atoms. The van der Waals surface area contributed by atoms with E-state index in [4.69, 9.17) is 4.74 Å². The van der Waals surface area contributed by atoms with Crippen LogP contribution in [0.5, 0.6) is 5.75 Å². The van der Waals surface area contributed by atoms with Gasteiger partial charge in [-0.1, -0.05) is 18.2 Å². The van der Waals surface area contributed by atoms with Crippen LogP contribution in [0.1, 0.15) is 12.0 Å². The number of ether oxygens (including phenoxy) is 1. The maximum atomic E-state index is 5.42. The molecule has 0 radical (unpaired) electrons. The molecule has 1 aromatic rings. The highest BCUT2D eigenvalue weighted by Gasteiger charge is 2.06. The molecular formula is C9H12O2. The largest absolute Gasteiger partial charge is 0.493 e. The standard InChI is InChI=1S/C9H10O.H2O/c1-2-6-9-8(4-1)5-3-7-10-9;/h1-2,4,6H,3,5,7H2;1H2. The maximum absolute atomic E-state index is 5.42. The van der Waals surface area contributed by atoms with Crippen molar-refractivity contribution in [3.05, 3.63) is 29.8 Å². The topological polar surface area (TPSA) is 40.7 Å². The minimum Gasteiger partial charge on any atom is -0.493 e. The lowest BCUT2D eigenvalue weighted by atomic mass is 10.1. The molecule has 0 saturated heterocycles. The van der Waals surface area contributed by atoms with Crippen LogP contribution in [0.4, 0.5) is 0 Å². The summed E-state index contributed by atoms with van der Waals surface area (Å²) in [7, 11) is 0. The van der Waals surface area contributed by atoms with Gasteiger partial charge >= 0.3 is 0 Å². The summed E-state index contributed by atoms with van der Waals surface area (Å²) in [6.07, 6.45) is 2.34. The minimum absolute atomic E-state index is 0. The zero-order chi connectivity index (χ0) is 6.81. The molecule has 2 N–H and O–H groups in total. The van der Waals surface area contributed by atoms with Crippen LogP contribution in [0.25, 0.3) is 0 Å². The molecule has 60 valence electrons. The first-order chi connectivity index (χ1) is 4.97. The van der Waals surface area contributed by atoms with E-state index in [1.807, 2.05) is 12.1 Å². The predicted octanol–water partition coefficient (Wildman–Crippen LogP) is 1.19. The Balaban J connectivity index is 0.000000605. The van der Waals surface area contributed by atoms with Crippen LogP contribution in [0.15, 0.2) is 24.3 Å². The Kier molecular flexibility index (Phi) is 2.49. The van der Waals surface area contributed by atoms with E-state index in [1.165, 1.54) is 12.0 Å². The summed E-state index contributed by atoms with van der Waals surface area (Å²) in [5.41, 5.74) is 1.36. The smallest absolute Gasteiger partial charge is 0.122 e. The number of fused-ring (bicyclic) bond motifs is 1. The molecular weight excluding hydrogens is 140 g/mol. The number of rotatable bonds is 0. The maximum Gasteiger partial charge on any atom is 0.122 e. The Bertz CT molecular complexity index is 208. The van der Waals surface area contributed by atoms with Gasteiger partial charge in [0.15, 0.2) is 0 Å². The van der Waals surface area contributed by atoms with E-state index in [-0.39, 0.29) is 5.48 Å². The van der Waals surface area contributed by atoms with Crippen molar-refractivity contribution in [2.75, 3.05) is 6.61 Å². The first-order valence-corrected chi connectivity index (χ1v) is 3.67. The Morgan fingerprint density at radius 1 is 1.18 bits per heavy atom. The molecule has 1 aliphatic heterocycles. The zero-order valence-corrected chi connectivity index (χ0v) is 6.34. The lowest BCUT2D eigenvalue weighted by Crippen LogP contribution is -2.07. The van der Waals surface area contributed by atoms with Crippen molar-refractivity contribution in [1.82, 2.24) is 0 Å². The average Bonchev–Trinajstić information content (AvgIpc) is 2.05. The summed E-state index contributed by atoms with van der Waals surface area (Å²) in [5, 5.41) is 0. The summed E-state index contributed by atoms with van der Waals surface area (Å²) in [5.74, 6) is 1.08. The fraction of sp³-hybridized carbons (Fsp3) is 0.333. The summed E-state index contributed by atoms with van der Waals surface area (Å²) in [4.78, 5) is 0. The molecule has 0 atom stereocenters. The van der Waals surface area contributed by atoms with Crippen molar-refractivity contribution in [1.29, 1.82) is 0 Å². The lowest BCUT2D eigenvalue weighted by Gasteiger charge is -2.15.